The van der Waals surface area contributed by atoms with Gasteiger partial charge in [0.1, 0.15) is 5.75 Å². The molecule has 0 saturated heterocycles. The van der Waals surface area contributed by atoms with Gasteiger partial charge in [-0.25, -0.2) is 0 Å². The van der Waals surface area contributed by atoms with Gasteiger partial charge in [-0.1, -0.05) is 0 Å². The molecular weight excluding hydrogens is 232 g/mol. The summed E-state index contributed by atoms with van der Waals surface area (Å²) in [5, 5.41) is 13.2. The summed E-state index contributed by atoms with van der Waals surface area (Å²) in [6, 6.07) is 5.40. The molecule has 0 aliphatic rings. The van der Waals surface area contributed by atoms with Gasteiger partial charge in [0, 0.05) is 32.7 Å². The van der Waals surface area contributed by atoms with Crippen LogP contribution in [0.1, 0.15) is 13.3 Å². The highest BCUT2D eigenvalue weighted by molar-refractivity contribution is 5.68. The van der Waals surface area contributed by atoms with Crippen LogP contribution in [0, 0.1) is 0 Å². The molecule has 0 radical (unpaired) electrons. The maximum Gasteiger partial charge on any atom is 0.121 e. The molecule has 0 bridgehead atoms. The standard InChI is InChI=1S/C13H22N2O3/c1-13(16,6-7-17-2)9-15-12-5-4-10(18-3)8-11(12)14/h4-5,8,15-16H,6-7,9,14H2,1-3H3. The van der Waals surface area contributed by atoms with Crippen LogP contribution in [-0.2, 0) is 4.74 Å². The Morgan fingerprint density at radius 2 is 2.11 bits per heavy atom. The second-order valence-corrected chi connectivity index (χ2v) is 4.55. The van der Waals surface area contributed by atoms with Gasteiger partial charge in [0.25, 0.3) is 0 Å². The van der Waals surface area contributed by atoms with E-state index in [9.17, 15) is 5.11 Å². The van der Waals surface area contributed by atoms with Gasteiger partial charge in [-0.2, -0.15) is 0 Å². The summed E-state index contributed by atoms with van der Waals surface area (Å²) in [6.07, 6.45) is 0.562. The molecule has 0 aromatic heterocycles. The molecule has 1 aromatic carbocycles. The predicted molar refractivity (Wildman–Crippen MR) is 73.0 cm³/mol. The average molecular weight is 254 g/mol. The Labute approximate surface area is 108 Å². The predicted octanol–water partition coefficient (Wildman–Crippen LogP) is 1.48. The van der Waals surface area contributed by atoms with Gasteiger partial charge in [0.15, 0.2) is 0 Å². The van der Waals surface area contributed by atoms with Crippen LogP contribution in [0.25, 0.3) is 0 Å². The molecule has 102 valence electrons. The lowest BCUT2D eigenvalue weighted by Gasteiger charge is -2.24. The van der Waals surface area contributed by atoms with E-state index < -0.39 is 5.60 Å². The van der Waals surface area contributed by atoms with Gasteiger partial charge in [-0.3, -0.25) is 0 Å². The van der Waals surface area contributed by atoms with Gasteiger partial charge in [0.2, 0.25) is 0 Å². The lowest BCUT2D eigenvalue weighted by atomic mass is 10.0. The molecule has 0 fully saturated rings. The highest BCUT2D eigenvalue weighted by atomic mass is 16.5. The van der Waals surface area contributed by atoms with E-state index in [1.54, 1.807) is 27.2 Å². The lowest BCUT2D eigenvalue weighted by Crippen LogP contribution is -2.34. The molecule has 1 aromatic rings. The zero-order valence-corrected chi connectivity index (χ0v) is 11.2. The third-order valence-electron chi connectivity index (χ3n) is 2.76. The third kappa shape index (κ3) is 4.43. The molecule has 18 heavy (non-hydrogen) atoms. The number of methoxy groups -OCH3 is 2. The smallest absolute Gasteiger partial charge is 0.121 e. The van der Waals surface area contributed by atoms with Crippen LogP contribution in [0.15, 0.2) is 18.2 Å². The van der Waals surface area contributed by atoms with Crippen LogP contribution in [-0.4, -0.2) is 38.1 Å². The normalized spacial score (nSPS) is 14.0. The average Bonchev–Trinajstić information content (AvgIpc) is 2.35. The van der Waals surface area contributed by atoms with Gasteiger partial charge in [0.05, 0.1) is 24.1 Å². The molecular formula is C13H22N2O3. The number of anilines is 2. The van der Waals surface area contributed by atoms with Gasteiger partial charge >= 0.3 is 0 Å². The Balaban J connectivity index is 2.57. The number of nitrogens with one attached hydrogen (secondary N) is 1. The van der Waals surface area contributed by atoms with Crippen molar-refractivity contribution in [2.75, 3.05) is 38.4 Å². The van der Waals surface area contributed by atoms with Crippen LogP contribution in [0.2, 0.25) is 0 Å². The Morgan fingerprint density at radius 1 is 1.39 bits per heavy atom. The highest BCUT2D eigenvalue weighted by Crippen LogP contribution is 2.24. The Kier molecular flexibility index (Phi) is 5.25. The summed E-state index contributed by atoms with van der Waals surface area (Å²) < 4.78 is 10.0. The van der Waals surface area contributed by atoms with Gasteiger partial charge in [-0.05, 0) is 19.1 Å². The molecule has 0 heterocycles. The number of ether oxygens (including phenoxy) is 2. The number of hydrogen-bond donors (Lipinski definition) is 3. The fraction of sp³-hybridized carbons (Fsp3) is 0.538. The SMILES string of the molecule is COCCC(C)(O)CNc1ccc(OC)cc1N. The largest absolute Gasteiger partial charge is 0.497 e. The van der Waals surface area contributed by atoms with Crippen molar-refractivity contribution in [2.24, 2.45) is 0 Å². The lowest BCUT2D eigenvalue weighted by molar-refractivity contribution is 0.0358. The van der Waals surface area contributed by atoms with Crippen molar-refractivity contribution in [3.63, 3.8) is 0 Å². The van der Waals surface area contributed by atoms with E-state index in [1.807, 2.05) is 12.1 Å². The molecule has 4 N–H and O–H groups in total. The van der Waals surface area contributed by atoms with Gasteiger partial charge in [-0.15, -0.1) is 0 Å². The van der Waals surface area contributed by atoms with E-state index in [0.717, 1.165) is 5.69 Å². The maximum atomic E-state index is 10.1. The fourth-order valence-corrected chi connectivity index (χ4v) is 1.52. The first-order valence-electron chi connectivity index (χ1n) is 5.87. The van der Waals surface area contributed by atoms with E-state index >= 15 is 0 Å². The van der Waals surface area contributed by atoms with Crippen molar-refractivity contribution >= 4 is 11.4 Å². The summed E-state index contributed by atoms with van der Waals surface area (Å²) in [4.78, 5) is 0. The Hall–Kier alpha value is -1.46. The van der Waals surface area contributed by atoms with E-state index in [-0.39, 0.29) is 0 Å². The van der Waals surface area contributed by atoms with Crippen LogP contribution >= 0.6 is 0 Å². The second-order valence-electron chi connectivity index (χ2n) is 4.55. The Morgan fingerprint density at radius 3 is 2.67 bits per heavy atom. The van der Waals surface area contributed by atoms with Crippen molar-refractivity contribution in [3.05, 3.63) is 18.2 Å². The molecule has 1 unspecified atom stereocenters. The first kappa shape index (κ1) is 14.6. The number of benzene rings is 1. The van der Waals surface area contributed by atoms with E-state index in [0.29, 0.717) is 31.0 Å². The van der Waals surface area contributed by atoms with Crippen LogP contribution in [0.4, 0.5) is 11.4 Å². The zero-order valence-electron chi connectivity index (χ0n) is 11.2. The minimum atomic E-state index is -0.831. The number of aliphatic hydroxyl groups is 1. The number of hydrogen-bond acceptors (Lipinski definition) is 5. The number of nitrogen functional groups attached to an aromatic ring is 1. The monoisotopic (exact) mass is 254 g/mol. The van der Waals surface area contributed by atoms with E-state index in [4.69, 9.17) is 15.2 Å². The molecule has 0 aliphatic heterocycles. The molecule has 0 saturated carbocycles. The topological polar surface area (TPSA) is 76.7 Å². The molecule has 0 aliphatic carbocycles. The number of nitrogens with two attached hydrogens (primary N) is 1. The summed E-state index contributed by atoms with van der Waals surface area (Å²) in [5.41, 5.74) is 6.43. The van der Waals surface area contributed by atoms with Crippen molar-refractivity contribution in [2.45, 2.75) is 18.9 Å². The molecule has 5 heteroatoms. The first-order chi connectivity index (χ1) is 8.48. The summed E-state index contributed by atoms with van der Waals surface area (Å²) in [5.74, 6) is 0.712. The third-order valence-corrected chi connectivity index (χ3v) is 2.76. The van der Waals surface area contributed by atoms with E-state index in [1.165, 1.54) is 0 Å². The molecule has 1 atom stereocenters. The molecule has 1 rings (SSSR count). The van der Waals surface area contributed by atoms with Crippen molar-refractivity contribution in [3.8, 4) is 5.75 Å². The van der Waals surface area contributed by atoms with Crippen LogP contribution in [0.3, 0.4) is 0 Å². The summed E-state index contributed by atoms with van der Waals surface area (Å²) in [6.45, 7) is 2.69. The second kappa shape index (κ2) is 6.47. The number of rotatable bonds is 7. The zero-order chi connectivity index (χ0) is 13.6. The minimum Gasteiger partial charge on any atom is -0.497 e. The fourth-order valence-electron chi connectivity index (χ4n) is 1.52. The highest BCUT2D eigenvalue weighted by Gasteiger charge is 2.19. The molecule has 0 spiro atoms. The van der Waals surface area contributed by atoms with Crippen LogP contribution in [0.5, 0.6) is 5.75 Å². The van der Waals surface area contributed by atoms with Crippen molar-refractivity contribution in [1.29, 1.82) is 0 Å². The van der Waals surface area contributed by atoms with Crippen LogP contribution < -0.4 is 15.8 Å². The first-order valence-corrected chi connectivity index (χ1v) is 5.87. The summed E-state index contributed by atoms with van der Waals surface area (Å²) in [7, 11) is 3.21. The minimum absolute atomic E-state index is 0.410. The van der Waals surface area contributed by atoms with Gasteiger partial charge < -0.3 is 25.6 Å². The summed E-state index contributed by atoms with van der Waals surface area (Å²) >= 11 is 0. The molecule has 0 amide bonds. The Bertz CT molecular complexity index is 380. The van der Waals surface area contributed by atoms with E-state index in [2.05, 4.69) is 5.32 Å². The maximum absolute atomic E-state index is 10.1. The van der Waals surface area contributed by atoms with Crippen molar-refractivity contribution < 1.29 is 14.6 Å². The quantitative estimate of drug-likeness (QED) is 0.642. The van der Waals surface area contributed by atoms with Crippen molar-refractivity contribution in [1.82, 2.24) is 0 Å². The molecule has 5 nitrogen and oxygen atoms in total.